The number of nitrogens with zero attached hydrogens (tertiary/aromatic N) is 1. The number of aromatic amines is 1. The second kappa shape index (κ2) is 9.96. The van der Waals surface area contributed by atoms with Gasteiger partial charge in [0.2, 0.25) is 0 Å². The van der Waals surface area contributed by atoms with E-state index in [1.165, 1.54) is 0 Å². The third-order valence-corrected chi connectivity index (χ3v) is 4.69. The second-order valence-electron chi connectivity index (χ2n) is 7.35. The minimum absolute atomic E-state index is 0.141. The lowest BCUT2D eigenvalue weighted by molar-refractivity contribution is -0.141. The van der Waals surface area contributed by atoms with E-state index in [2.05, 4.69) is 11.9 Å². The smallest absolute Gasteiger partial charge is 0.426 e. The maximum Gasteiger partial charge on any atom is 0.431 e. The van der Waals surface area contributed by atoms with E-state index in [-0.39, 0.29) is 24.2 Å². The molecule has 2 aromatic rings. The zero-order chi connectivity index (χ0) is 20.7. The Morgan fingerprint density at radius 2 is 1.86 bits per heavy atom. The van der Waals surface area contributed by atoms with Gasteiger partial charge >= 0.3 is 12.1 Å². The van der Waals surface area contributed by atoms with Gasteiger partial charge in [-0.05, 0) is 44.6 Å². The average Bonchev–Trinajstić information content (AvgIpc) is 3.00. The van der Waals surface area contributed by atoms with Gasteiger partial charge in [0.05, 0.1) is 0 Å². The Balaban J connectivity index is 2.25. The third kappa shape index (κ3) is 5.99. The maximum absolute atomic E-state index is 13.5. The van der Waals surface area contributed by atoms with Crippen LogP contribution < -0.4 is 4.74 Å². The highest BCUT2D eigenvalue weighted by atomic mass is 19.4. The van der Waals surface area contributed by atoms with Crippen LogP contribution in [-0.4, -0.2) is 36.5 Å². The Morgan fingerprint density at radius 3 is 2.50 bits per heavy atom. The fourth-order valence-corrected chi connectivity index (χ4v) is 3.24. The zero-order valence-electron chi connectivity index (χ0n) is 16.8. The first-order valence-electron chi connectivity index (χ1n) is 9.80. The Bertz CT molecular complexity index is 782. The number of fused-ring (bicyclic) bond motifs is 1. The van der Waals surface area contributed by atoms with Gasteiger partial charge in [-0.3, -0.25) is 4.79 Å². The molecular weight excluding hydrogens is 369 g/mol. The standard InChI is InChI=1S/C21H29F3N2O2/c1-4-5-6-7-8-12-18(27)28-17-11-9-10-16-19(17)15(13-14-26(2)3)20(25-16)21(22,23)24/h9-11,25H,4-8,12-14H2,1-3H3. The Morgan fingerprint density at radius 1 is 1.14 bits per heavy atom. The number of benzene rings is 1. The van der Waals surface area contributed by atoms with E-state index in [9.17, 15) is 18.0 Å². The molecule has 0 aliphatic heterocycles. The third-order valence-electron chi connectivity index (χ3n) is 4.69. The van der Waals surface area contributed by atoms with Crippen LogP contribution in [0.4, 0.5) is 13.2 Å². The Hall–Kier alpha value is -2.02. The van der Waals surface area contributed by atoms with Crippen molar-refractivity contribution in [2.75, 3.05) is 20.6 Å². The summed E-state index contributed by atoms with van der Waals surface area (Å²) in [5, 5.41) is 0.344. The van der Waals surface area contributed by atoms with Gasteiger partial charge in [-0.1, -0.05) is 38.7 Å². The molecule has 1 N–H and O–H groups in total. The van der Waals surface area contributed by atoms with Gasteiger partial charge in [0.15, 0.2) is 0 Å². The van der Waals surface area contributed by atoms with Crippen LogP contribution in [0.2, 0.25) is 0 Å². The minimum atomic E-state index is -4.50. The number of halogens is 3. The number of carbonyl (C=O) groups is 1. The number of ether oxygens (including phenoxy) is 1. The summed E-state index contributed by atoms with van der Waals surface area (Å²) in [6.45, 7) is 2.57. The molecule has 0 amide bonds. The van der Waals surface area contributed by atoms with E-state index in [0.717, 1.165) is 32.1 Å². The Kier molecular flexibility index (Phi) is 7.92. The van der Waals surface area contributed by atoms with E-state index in [4.69, 9.17) is 4.74 Å². The molecule has 0 aliphatic carbocycles. The number of likely N-dealkylation sites (N-methyl/N-ethyl adjacent to an activating group) is 1. The molecule has 0 saturated carbocycles. The first-order chi connectivity index (χ1) is 13.2. The van der Waals surface area contributed by atoms with Crippen molar-refractivity contribution in [2.45, 2.75) is 58.0 Å². The van der Waals surface area contributed by atoms with Crippen molar-refractivity contribution in [3.05, 3.63) is 29.5 Å². The van der Waals surface area contributed by atoms with Crippen molar-refractivity contribution >= 4 is 16.9 Å². The SMILES string of the molecule is CCCCCCCC(=O)Oc1cccc2[nH]c(C(F)(F)F)c(CCN(C)C)c12. The largest absolute Gasteiger partial charge is 0.431 e. The number of alkyl halides is 3. The summed E-state index contributed by atoms with van der Waals surface area (Å²) < 4.78 is 46.0. The number of hydrogen-bond acceptors (Lipinski definition) is 3. The molecule has 0 saturated heterocycles. The lowest BCUT2D eigenvalue weighted by atomic mass is 10.1. The Labute approximate surface area is 164 Å². The minimum Gasteiger partial charge on any atom is -0.426 e. The molecule has 2 rings (SSSR count). The molecular formula is C21H29F3N2O2. The summed E-state index contributed by atoms with van der Waals surface area (Å²) >= 11 is 0. The summed E-state index contributed by atoms with van der Waals surface area (Å²) in [5.41, 5.74) is -0.302. The van der Waals surface area contributed by atoms with E-state index in [0.29, 0.717) is 17.4 Å². The van der Waals surface area contributed by atoms with Crippen molar-refractivity contribution in [3.8, 4) is 5.75 Å². The van der Waals surface area contributed by atoms with Crippen LogP contribution in [-0.2, 0) is 17.4 Å². The quantitative estimate of drug-likeness (QED) is 0.324. The maximum atomic E-state index is 13.5. The van der Waals surface area contributed by atoms with Gasteiger partial charge in [0, 0.05) is 23.9 Å². The number of H-pyrrole nitrogens is 1. The molecule has 0 spiro atoms. The predicted molar refractivity (Wildman–Crippen MR) is 105 cm³/mol. The van der Waals surface area contributed by atoms with Gasteiger partial charge in [-0.15, -0.1) is 0 Å². The molecule has 0 bridgehead atoms. The highest BCUT2D eigenvalue weighted by Crippen LogP contribution is 2.39. The molecule has 4 nitrogen and oxygen atoms in total. The molecule has 1 heterocycles. The predicted octanol–water partition coefficient (Wildman–Crippen LogP) is 5.56. The van der Waals surface area contributed by atoms with Crippen LogP contribution in [0.25, 0.3) is 10.9 Å². The summed E-state index contributed by atoms with van der Waals surface area (Å²) in [4.78, 5) is 16.5. The molecule has 0 fully saturated rings. The van der Waals surface area contributed by atoms with E-state index in [1.54, 1.807) is 18.2 Å². The number of esters is 1. The number of nitrogens with one attached hydrogen (secondary N) is 1. The number of rotatable bonds is 10. The number of aromatic nitrogens is 1. The monoisotopic (exact) mass is 398 g/mol. The molecule has 0 unspecified atom stereocenters. The average molecular weight is 398 g/mol. The fourth-order valence-electron chi connectivity index (χ4n) is 3.24. The molecule has 1 aromatic carbocycles. The van der Waals surface area contributed by atoms with Crippen molar-refractivity contribution in [3.63, 3.8) is 0 Å². The molecule has 28 heavy (non-hydrogen) atoms. The van der Waals surface area contributed by atoms with Crippen molar-refractivity contribution in [1.82, 2.24) is 9.88 Å². The van der Waals surface area contributed by atoms with Gasteiger partial charge < -0.3 is 14.6 Å². The molecule has 7 heteroatoms. The van der Waals surface area contributed by atoms with Crippen LogP contribution in [0.5, 0.6) is 5.75 Å². The molecule has 1 aromatic heterocycles. The second-order valence-corrected chi connectivity index (χ2v) is 7.35. The van der Waals surface area contributed by atoms with Crippen LogP contribution >= 0.6 is 0 Å². The zero-order valence-corrected chi connectivity index (χ0v) is 16.8. The van der Waals surface area contributed by atoms with Gasteiger partial charge in [-0.25, -0.2) is 0 Å². The lowest BCUT2D eigenvalue weighted by Crippen LogP contribution is -2.17. The van der Waals surface area contributed by atoms with E-state index >= 15 is 0 Å². The van der Waals surface area contributed by atoms with Gasteiger partial charge in [-0.2, -0.15) is 13.2 Å². The highest BCUT2D eigenvalue weighted by molar-refractivity contribution is 5.92. The summed E-state index contributed by atoms with van der Waals surface area (Å²) in [5.74, 6) is -0.214. The summed E-state index contributed by atoms with van der Waals surface area (Å²) in [7, 11) is 3.61. The van der Waals surface area contributed by atoms with E-state index in [1.807, 2.05) is 19.0 Å². The number of hydrogen-bond donors (Lipinski definition) is 1. The molecule has 156 valence electrons. The van der Waals surface area contributed by atoms with Crippen LogP contribution in [0.15, 0.2) is 18.2 Å². The molecule has 0 atom stereocenters. The van der Waals surface area contributed by atoms with Gasteiger partial charge in [0.1, 0.15) is 11.4 Å². The van der Waals surface area contributed by atoms with Crippen LogP contribution in [0, 0.1) is 0 Å². The first-order valence-corrected chi connectivity index (χ1v) is 9.80. The lowest BCUT2D eigenvalue weighted by Gasteiger charge is -2.13. The molecule has 0 radical (unpaired) electrons. The van der Waals surface area contributed by atoms with Crippen LogP contribution in [0.1, 0.15) is 56.7 Å². The number of carbonyl (C=O) groups excluding carboxylic acids is 1. The van der Waals surface area contributed by atoms with Crippen molar-refractivity contribution in [1.29, 1.82) is 0 Å². The van der Waals surface area contributed by atoms with Gasteiger partial charge in [0.25, 0.3) is 0 Å². The first kappa shape index (κ1) is 22.3. The summed E-state index contributed by atoms with van der Waals surface area (Å²) in [6.07, 6.45) is 0.969. The van der Waals surface area contributed by atoms with Crippen LogP contribution in [0.3, 0.4) is 0 Å². The molecule has 0 aliphatic rings. The fraction of sp³-hybridized carbons (Fsp3) is 0.571. The number of unbranched alkanes of at least 4 members (excludes halogenated alkanes) is 4. The van der Waals surface area contributed by atoms with Crippen molar-refractivity contribution < 1.29 is 22.7 Å². The summed E-state index contributed by atoms with van der Waals surface area (Å²) in [6, 6.07) is 4.73. The topological polar surface area (TPSA) is 45.3 Å². The van der Waals surface area contributed by atoms with Crippen molar-refractivity contribution in [2.24, 2.45) is 0 Å². The normalized spacial score (nSPS) is 12.1. The highest BCUT2D eigenvalue weighted by Gasteiger charge is 2.37. The van der Waals surface area contributed by atoms with E-state index < -0.39 is 17.8 Å².